The van der Waals surface area contributed by atoms with Gasteiger partial charge in [0.1, 0.15) is 0 Å². The highest BCUT2D eigenvalue weighted by Crippen LogP contribution is 2.26. The fraction of sp³-hybridized carbons (Fsp3) is 0.333. The SMILES string of the molecule is Cn1nc(OC[C@H]2CCOC2)c2ncc(NC(=O)c3ncccc3N)cc21. The summed E-state index contributed by atoms with van der Waals surface area (Å²) in [6.07, 6.45) is 4.07. The molecule has 0 spiro atoms. The Balaban J connectivity index is 1.53. The zero-order chi connectivity index (χ0) is 18.8. The van der Waals surface area contributed by atoms with Crippen LogP contribution in [0.2, 0.25) is 0 Å². The van der Waals surface area contributed by atoms with Gasteiger partial charge < -0.3 is 20.5 Å². The second-order valence-electron chi connectivity index (χ2n) is 6.46. The molecule has 1 atom stereocenters. The van der Waals surface area contributed by atoms with Crippen LogP contribution < -0.4 is 15.8 Å². The normalized spacial score (nSPS) is 16.6. The molecular formula is C18H20N6O3. The van der Waals surface area contributed by atoms with Crippen molar-refractivity contribution in [2.45, 2.75) is 6.42 Å². The smallest absolute Gasteiger partial charge is 0.276 e. The van der Waals surface area contributed by atoms with Crippen LogP contribution in [0, 0.1) is 5.92 Å². The lowest BCUT2D eigenvalue weighted by molar-refractivity contribution is 0.102. The van der Waals surface area contributed by atoms with Gasteiger partial charge in [-0.15, -0.1) is 5.10 Å². The van der Waals surface area contributed by atoms with E-state index in [0.717, 1.165) is 18.5 Å². The second-order valence-corrected chi connectivity index (χ2v) is 6.46. The summed E-state index contributed by atoms with van der Waals surface area (Å²) in [5.74, 6) is 0.463. The number of nitrogens with one attached hydrogen (secondary N) is 1. The third-order valence-corrected chi connectivity index (χ3v) is 4.45. The predicted octanol–water partition coefficient (Wildman–Crippen LogP) is 1.61. The third kappa shape index (κ3) is 3.54. The predicted molar refractivity (Wildman–Crippen MR) is 99.5 cm³/mol. The Kier molecular flexibility index (Phi) is 4.59. The summed E-state index contributed by atoms with van der Waals surface area (Å²) in [5.41, 5.74) is 8.21. The molecule has 0 unspecified atom stereocenters. The standard InChI is InChI=1S/C18H20N6O3/c1-24-14-7-12(22-17(25)15-13(19)3-2-5-20-15)8-21-16(14)18(23-24)27-10-11-4-6-26-9-11/h2-3,5,7-8,11H,4,6,9-10,19H2,1H3,(H,22,25)/t11-/m0/s1. The second kappa shape index (κ2) is 7.20. The van der Waals surface area contributed by atoms with Crippen molar-refractivity contribution in [2.75, 3.05) is 30.9 Å². The highest BCUT2D eigenvalue weighted by Gasteiger charge is 2.19. The first-order valence-electron chi connectivity index (χ1n) is 8.67. The molecule has 4 heterocycles. The highest BCUT2D eigenvalue weighted by atomic mass is 16.5. The van der Waals surface area contributed by atoms with Crippen molar-refractivity contribution >= 4 is 28.3 Å². The molecular weight excluding hydrogens is 348 g/mol. The Bertz CT molecular complexity index is 980. The maximum Gasteiger partial charge on any atom is 0.276 e. The Morgan fingerprint density at radius 1 is 1.48 bits per heavy atom. The fourth-order valence-electron chi connectivity index (χ4n) is 2.98. The highest BCUT2D eigenvalue weighted by molar-refractivity contribution is 6.06. The van der Waals surface area contributed by atoms with Crippen LogP contribution in [0.15, 0.2) is 30.6 Å². The number of hydrogen-bond acceptors (Lipinski definition) is 7. The molecule has 140 valence electrons. The summed E-state index contributed by atoms with van der Waals surface area (Å²) in [7, 11) is 1.80. The quantitative estimate of drug-likeness (QED) is 0.702. The van der Waals surface area contributed by atoms with Crippen LogP contribution in [-0.2, 0) is 11.8 Å². The summed E-state index contributed by atoms with van der Waals surface area (Å²) in [5, 5.41) is 7.15. The molecule has 0 aliphatic carbocycles. The Labute approximate surface area is 155 Å². The monoisotopic (exact) mass is 368 g/mol. The van der Waals surface area contributed by atoms with Gasteiger partial charge >= 0.3 is 0 Å². The third-order valence-electron chi connectivity index (χ3n) is 4.45. The van der Waals surface area contributed by atoms with Gasteiger partial charge in [0.25, 0.3) is 11.8 Å². The van der Waals surface area contributed by atoms with E-state index in [2.05, 4.69) is 20.4 Å². The van der Waals surface area contributed by atoms with E-state index in [1.807, 2.05) is 0 Å². The van der Waals surface area contributed by atoms with E-state index < -0.39 is 5.91 Å². The Morgan fingerprint density at radius 3 is 3.15 bits per heavy atom. The Hall–Kier alpha value is -3.20. The number of carbonyl (C=O) groups is 1. The van der Waals surface area contributed by atoms with Gasteiger partial charge in [-0.1, -0.05) is 0 Å². The van der Waals surface area contributed by atoms with Crippen molar-refractivity contribution < 1.29 is 14.3 Å². The number of ether oxygens (including phenoxy) is 2. The van der Waals surface area contributed by atoms with Crippen LogP contribution in [0.4, 0.5) is 11.4 Å². The molecule has 9 nitrogen and oxygen atoms in total. The summed E-state index contributed by atoms with van der Waals surface area (Å²) in [6.45, 7) is 2.04. The van der Waals surface area contributed by atoms with E-state index in [-0.39, 0.29) is 5.69 Å². The molecule has 3 N–H and O–H groups in total. The minimum absolute atomic E-state index is 0.172. The molecule has 0 radical (unpaired) electrons. The van der Waals surface area contributed by atoms with Gasteiger partial charge in [0.2, 0.25) is 0 Å². The van der Waals surface area contributed by atoms with Crippen LogP contribution in [0.25, 0.3) is 11.0 Å². The minimum atomic E-state index is -0.394. The molecule has 3 aromatic heterocycles. The molecule has 1 saturated heterocycles. The molecule has 1 aliphatic rings. The summed E-state index contributed by atoms with van der Waals surface area (Å²) >= 11 is 0. The van der Waals surface area contributed by atoms with Gasteiger partial charge in [-0.2, -0.15) is 0 Å². The zero-order valence-corrected chi connectivity index (χ0v) is 14.9. The largest absolute Gasteiger partial charge is 0.475 e. The molecule has 0 aromatic carbocycles. The number of nitrogens with two attached hydrogens (primary N) is 1. The fourth-order valence-corrected chi connectivity index (χ4v) is 2.98. The van der Waals surface area contributed by atoms with Crippen molar-refractivity contribution in [3.05, 3.63) is 36.3 Å². The number of fused-ring (bicyclic) bond motifs is 1. The topological polar surface area (TPSA) is 117 Å². The maximum atomic E-state index is 12.4. The van der Waals surface area contributed by atoms with Crippen LogP contribution in [0.1, 0.15) is 16.9 Å². The van der Waals surface area contributed by atoms with Gasteiger partial charge in [-0.3, -0.25) is 9.48 Å². The van der Waals surface area contributed by atoms with E-state index in [1.165, 1.54) is 6.20 Å². The minimum Gasteiger partial charge on any atom is -0.475 e. The first-order chi connectivity index (χ1) is 13.1. The lowest BCUT2D eigenvalue weighted by Gasteiger charge is -2.08. The lowest BCUT2D eigenvalue weighted by Crippen LogP contribution is -2.15. The number of aryl methyl sites for hydroxylation is 1. The maximum absolute atomic E-state index is 12.4. The average molecular weight is 368 g/mol. The number of carbonyl (C=O) groups excluding carboxylic acids is 1. The van der Waals surface area contributed by atoms with Crippen LogP contribution in [-0.4, -0.2) is 45.5 Å². The molecule has 1 amide bonds. The van der Waals surface area contributed by atoms with Crippen LogP contribution in [0.5, 0.6) is 5.88 Å². The van der Waals surface area contributed by atoms with Gasteiger partial charge in [0.05, 0.1) is 36.3 Å². The molecule has 4 rings (SSSR count). The molecule has 1 aliphatic heterocycles. The van der Waals surface area contributed by atoms with Crippen molar-refractivity contribution in [3.8, 4) is 5.88 Å². The number of aromatic nitrogens is 4. The first-order valence-corrected chi connectivity index (χ1v) is 8.67. The van der Waals surface area contributed by atoms with Gasteiger partial charge in [-0.25, -0.2) is 9.97 Å². The van der Waals surface area contributed by atoms with Crippen molar-refractivity contribution in [2.24, 2.45) is 13.0 Å². The number of rotatable bonds is 5. The number of anilines is 2. The molecule has 0 bridgehead atoms. The summed E-state index contributed by atoms with van der Waals surface area (Å²) < 4.78 is 12.9. The lowest BCUT2D eigenvalue weighted by atomic mass is 10.1. The summed E-state index contributed by atoms with van der Waals surface area (Å²) in [6, 6.07) is 5.09. The van der Waals surface area contributed by atoms with E-state index >= 15 is 0 Å². The summed E-state index contributed by atoms with van der Waals surface area (Å²) in [4.78, 5) is 20.8. The first kappa shape index (κ1) is 17.2. The molecule has 9 heteroatoms. The van der Waals surface area contributed by atoms with E-state index in [4.69, 9.17) is 15.2 Å². The number of nitrogens with zero attached hydrogens (tertiary/aromatic N) is 4. The molecule has 27 heavy (non-hydrogen) atoms. The zero-order valence-electron chi connectivity index (χ0n) is 14.9. The molecule has 1 fully saturated rings. The number of pyridine rings is 2. The van der Waals surface area contributed by atoms with E-state index in [9.17, 15) is 4.79 Å². The van der Waals surface area contributed by atoms with Gasteiger partial charge in [0, 0.05) is 25.8 Å². The number of nitrogen functional groups attached to an aromatic ring is 1. The van der Waals surface area contributed by atoms with Crippen LogP contribution in [0.3, 0.4) is 0 Å². The van der Waals surface area contributed by atoms with E-state index in [1.54, 1.807) is 36.1 Å². The van der Waals surface area contributed by atoms with Crippen molar-refractivity contribution in [1.82, 2.24) is 19.7 Å². The number of amides is 1. The van der Waals surface area contributed by atoms with Gasteiger partial charge in [-0.05, 0) is 24.6 Å². The number of hydrogen-bond donors (Lipinski definition) is 2. The van der Waals surface area contributed by atoms with Crippen LogP contribution >= 0.6 is 0 Å². The van der Waals surface area contributed by atoms with Crippen molar-refractivity contribution in [3.63, 3.8) is 0 Å². The average Bonchev–Trinajstić information content (AvgIpc) is 3.28. The molecule has 3 aromatic rings. The Morgan fingerprint density at radius 2 is 2.37 bits per heavy atom. The molecule has 0 saturated carbocycles. The van der Waals surface area contributed by atoms with Gasteiger partial charge in [0.15, 0.2) is 11.2 Å². The van der Waals surface area contributed by atoms with Crippen molar-refractivity contribution in [1.29, 1.82) is 0 Å². The van der Waals surface area contributed by atoms with E-state index in [0.29, 0.717) is 41.9 Å².